The van der Waals surface area contributed by atoms with Gasteiger partial charge in [0.1, 0.15) is 11.4 Å². The molecule has 1 N–H and O–H groups in total. The Kier molecular flexibility index (Phi) is 4.70. The minimum Gasteiger partial charge on any atom is -0.418 e. The third-order valence-corrected chi connectivity index (χ3v) is 7.07. The average molecular weight is 465 g/mol. The van der Waals surface area contributed by atoms with E-state index in [0.29, 0.717) is 5.69 Å². The van der Waals surface area contributed by atoms with Crippen LogP contribution in [0.2, 0.25) is 0 Å². The van der Waals surface area contributed by atoms with Crippen LogP contribution in [-0.2, 0) is 15.6 Å². The van der Waals surface area contributed by atoms with Gasteiger partial charge in [0.15, 0.2) is 9.84 Å². The van der Waals surface area contributed by atoms with E-state index in [-0.39, 0.29) is 22.4 Å². The van der Waals surface area contributed by atoms with Gasteiger partial charge >= 0.3 is 0 Å². The number of benzene rings is 1. The monoisotopic (exact) mass is 464 g/mol. The summed E-state index contributed by atoms with van der Waals surface area (Å²) in [5.74, 6) is -0.172. The molecule has 10 heteroatoms. The van der Waals surface area contributed by atoms with Gasteiger partial charge in [-0.3, -0.25) is 5.10 Å². The summed E-state index contributed by atoms with van der Waals surface area (Å²) >= 11 is 4.98. The van der Waals surface area contributed by atoms with Crippen molar-refractivity contribution in [1.82, 2.24) is 20.4 Å². The molecule has 27 heavy (non-hydrogen) atoms. The average Bonchev–Trinajstić information content (AvgIpc) is 3.35. The van der Waals surface area contributed by atoms with Crippen LogP contribution in [0.25, 0.3) is 22.2 Å². The molecule has 0 aliphatic rings. The van der Waals surface area contributed by atoms with Gasteiger partial charge in [0, 0.05) is 0 Å². The molecule has 1 aromatic carbocycles. The Morgan fingerprint density at radius 2 is 1.93 bits per heavy atom. The van der Waals surface area contributed by atoms with Gasteiger partial charge in [0.25, 0.3) is 5.89 Å². The van der Waals surface area contributed by atoms with E-state index < -0.39 is 9.84 Å². The first-order valence-electron chi connectivity index (χ1n) is 7.84. The van der Waals surface area contributed by atoms with Gasteiger partial charge < -0.3 is 4.42 Å². The van der Waals surface area contributed by atoms with E-state index in [9.17, 15) is 8.42 Å². The van der Waals surface area contributed by atoms with Crippen molar-refractivity contribution in [3.05, 3.63) is 57.7 Å². The van der Waals surface area contributed by atoms with E-state index in [4.69, 9.17) is 4.42 Å². The number of aryl methyl sites for hydroxylation is 1. The standard InChI is InChI=1S/C17H13BrN4O3S2/c1-10-2-4-11(5-3-10)27(23,24)9-16-21-22-17(25-16)13-8-12(19-20-13)14-6-7-15(18)26-14/h2-8H,9H2,1H3,(H,19,20). The Bertz CT molecular complexity index is 1190. The molecule has 0 aliphatic heterocycles. The number of H-pyrrole nitrogens is 1. The van der Waals surface area contributed by atoms with Crippen LogP contribution in [-0.4, -0.2) is 28.8 Å². The fourth-order valence-corrected chi connectivity index (χ4v) is 4.93. The van der Waals surface area contributed by atoms with Crippen molar-refractivity contribution < 1.29 is 12.8 Å². The van der Waals surface area contributed by atoms with Gasteiger partial charge in [-0.05, 0) is 53.2 Å². The van der Waals surface area contributed by atoms with Gasteiger partial charge in [-0.2, -0.15) is 5.10 Å². The van der Waals surface area contributed by atoms with Crippen molar-refractivity contribution in [2.75, 3.05) is 0 Å². The smallest absolute Gasteiger partial charge is 0.268 e. The van der Waals surface area contributed by atoms with Gasteiger partial charge in [-0.1, -0.05) is 17.7 Å². The van der Waals surface area contributed by atoms with E-state index in [2.05, 4.69) is 36.3 Å². The lowest BCUT2D eigenvalue weighted by Gasteiger charge is -2.01. The van der Waals surface area contributed by atoms with E-state index in [1.165, 1.54) is 0 Å². The highest BCUT2D eigenvalue weighted by molar-refractivity contribution is 9.11. The van der Waals surface area contributed by atoms with E-state index in [1.807, 2.05) is 19.1 Å². The molecular weight excluding hydrogens is 452 g/mol. The number of hydrogen-bond acceptors (Lipinski definition) is 7. The van der Waals surface area contributed by atoms with E-state index >= 15 is 0 Å². The second-order valence-corrected chi connectivity index (χ2v) is 10.3. The number of halogens is 1. The quantitative estimate of drug-likeness (QED) is 0.473. The predicted molar refractivity (Wildman–Crippen MR) is 105 cm³/mol. The topological polar surface area (TPSA) is 102 Å². The van der Waals surface area contributed by atoms with Crippen molar-refractivity contribution in [1.29, 1.82) is 0 Å². The Morgan fingerprint density at radius 3 is 2.63 bits per heavy atom. The van der Waals surface area contributed by atoms with Crippen LogP contribution in [0.1, 0.15) is 11.5 Å². The Labute approximate surface area is 167 Å². The maximum atomic E-state index is 12.5. The number of thiophene rings is 1. The van der Waals surface area contributed by atoms with Crippen LogP contribution in [0.3, 0.4) is 0 Å². The van der Waals surface area contributed by atoms with Crippen LogP contribution in [0.5, 0.6) is 0 Å². The first kappa shape index (κ1) is 18.1. The number of nitrogens with zero attached hydrogens (tertiary/aromatic N) is 3. The highest BCUT2D eigenvalue weighted by Gasteiger charge is 2.21. The van der Waals surface area contributed by atoms with Crippen molar-refractivity contribution in [3.63, 3.8) is 0 Å². The van der Waals surface area contributed by atoms with Gasteiger partial charge in [-0.15, -0.1) is 21.5 Å². The summed E-state index contributed by atoms with van der Waals surface area (Å²) in [7, 11) is -3.56. The number of nitrogens with one attached hydrogen (secondary N) is 1. The first-order chi connectivity index (χ1) is 12.9. The van der Waals surface area contributed by atoms with Gasteiger partial charge in [-0.25, -0.2) is 8.42 Å². The van der Waals surface area contributed by atoms with Crippen molar-refractivity contribution in [2.24, 2.45) is 0 Å². The summed E-state index contributed by atoms with van der Waals surface area (Å²) in [5.41, 5.74) is 2.26. The molecule has 0 fully saturated rings. The predicted octanol–water partition coefficient (Wildman–Crippen LogP) is 4.23. The highest BCUT2D eigenvalue weighted by atomic mass is 79.9. The molecule has 0 unspecified atom stereocenters. The Balaban J connectivity index is 1.55. The summed E-state index contributed by atoms with van der Waals surface area (Å²) in [4.78, 5) is 1.22. The summed E-state index contributed by atoms with van der Waals surface area (Å²) in [6.45, 7) is 1.90. The largest absolute Gasteiger partial charge is 0.418 e. The molecule has 4 aromatic rings. The fourth-order valence-electron chi connectivity index (χ4n) is 2.42. The fraction of sp³-hybridized carbons (Fsp3) is 0.118. The summed E-state index contributed by atoms with van der Waals surface area (Å²) < 4.78 is 31.5. The molecule has 4 rings (SSSR count). The minimum absolute atomic E-state index is 0.0222. The lowest BCUT2D eigenvalue weighted by Crippen LogP contribution is -2.05. The maximum absolute atomic E-state index is 12.5. The molecule has 3 aromatic heterocycles. The lowest BCUT2D eigenvalue weighted by molar-refractivity contribution is 0.516. The molecule has 0 saturated heterocycles. The van der Waals surface area contributed by atoms with Gasteiger partial charge in [0.05, 0.1) is 19.3 Å². The summed E-state index contributed by atoms with van der Waals surface area (Å²) in [5, 5.41) is 14.9. The highest BCUT2D eigenvalue weighted by Crippen LogP contribution is 2.31. The molecule has 0 bridgehead atoms. The number of aromatic nitrogens is 4. The minimum atomic E-state index is -3.56. The Hall–Kier alpha value is -2.30. The molecule has 138 valence electrons. The molecule has 0 atom stereocenters. The van der Waals surface area contributed by atoms with Gasteiger partial charge in [0.2, 0.25) is 5.89 Å². The maximum Gasteiger partial charge on any atom is 0.268 e. The number of sulfone groups is 1. The number of rotatable bonds is 5. The van der Waals surface area contributed by atoms with Crippen LogP contribution < -0.4 is 0 Å². The summed E-state index contributed by atoms with van der Waals surface area (Å²) in [6, 6.07) is 12.3. The van der Waals surface area contributed by atoms with Crippen molar-refractivity contribution in [2.45, 2.75) is 17.6 Å². The molecule has 3 heterocycles. The van der Waals surface area contributed by atoms with E-state index in [1.54, 1.807) is 41.7 Å². The SMILES string of the molecule is Cc1ccc(S(=O)(=O)Cc2nnc(-c3cc(-c4ccc(Br)s4)[nH]n3)o2)cc1. The van der Waals surface area contributed by atoms with E-state index in [0.717, 1.165) is 19.9 Å². The first-order valence-corrected chi connectivity index (χ1v) is 11.1. The van der Waals surface area contributed by atoms with Crippen molar-refractivity contribution in [3.8, 4) is 22.2 Å². The Morgan fingerprint density at radius 1 is 1.15 bits per heavy atom. The molecular formula is C17H13BrN4O3S2. The van der Waals surface area contributed by atoms with Crippen LogP contribution in [0.15, 0.2) is 55.6 Å². The number of hydrogen-bond donors (Lipinski definition) is 1. The van der Waals surface area contributed by atoms with Crippen LogP contribution in [0, 0.1) is 6.92 Å². The second kappa shape index (κ2) is 7.02. The zero-order valence-electron chi connectivity index (χ0n) is 14.0. The molecule has 0 aliphatic carbocycles. The van der Waals surface area contributed by atoms with Crippen molar-refractivity contribution >= 4 is 37.1 Å². The molecule has 0 radical (unpaired) electrons. The summed E-state index contributed by atoms with van der Waals surface area (Å²) in [6.07, 6.45) is 0. The zero-order chi connectivity index (χ0) is 19.0. The normalized spacial score (nSPS) is 11.8. The van der Waals surface area contributed by atoms with Crippen LogP contribution in [0.4, 0.5) is 0 Å². The molecule has 0 saturated carbocycles. The lowest BCUT2D eigenvalue weighted by atomic mass is 10.2. The second-order valence-electron chi connectivity index (χ2n) is 5.84. The molecule has 0 amide bonds. The zero-order valence-corrected chi connectivity index (χ0v) is 17.2. The molecule has 7 nitrogen and oxygen atoms in total. The number of aromatic amines is 1. The third-order valence-electron chi connectivity index (χ3n) is 3.80. The van der Waals surface area contributed by atoms with Crippen LogP contribution >= 0.6 is 27.3 Å². The molecule has 0 spiro atoms. The third kappa shape index (κ3) is 3.87.